The SMILES string of the molecule is CCCC(C)(Br)CC.O=C(O)/C=C\C(=O)O. The Kier molecular flexibility index (Phi) is 10.3. The van der Waals surface area contributed by atoms with Crippen LogP contribution in [0.25, 0.3) is 0 Å². The van der Waals surface area contributed by atoms with Crippen molar-refractivity contribution in [3.63, 3.8) is 0 Å². The summed E-state index contributed by atoms with van der Waals surface area (Å²) in [6.07, 6.45) is 4.89. The summed E-state index contributed by atoms with van der Waals surface area (Å²) in [5.74, 6) is -2.51. The van der Waals surface area contributed by atoms with E-state index in [1.165, 1.54) is 19.3 Å². The molecule has 2 N–H and O–H groups in total. The predicted octanol–water partition coefficient (Wildman–Crippen LogP) is 3.06. The van der Waals surface area contributed by atoms with Gasteiger partial charge in [-0.1, -0.05) is 36.2 Å². The number of alkyl halides is 1. The van der Waals surface area contributed by atoms with E-state index in [2.05, 4.69) is 36.7 Å². The molecule has 0 aliphatic rings. The first-order chi connectivity index (χ1) is 7.25. The predicted molar refractivity (Wildman–Crippen MR) is 66.9 cm³/mol. The lowest BCUT2D eigenvalue weighted by atomic mass is 10.0. The van der Waals surface area contributed by atoms with Crippen LogP contribution in [0.3, 0.4) is 0 Å². The van der Waals surface area contributed by atoms with Crippen molar-refractivity contribution in [1.82, 2.24) is 0 Å². The van der Waals surface area contributed by atoms with E-state index in [9.17, 15) is 9.59 Å². The molecule has 0 aliphatic heterocycles. The van der Waals surface area contributed by atoms with Gasteiger partial charge in [0.1, 0.15) is 0 Å². The van der Waals surface area contributed by atoms with Crippen molar-refractivity contribution < 1.29 is 19.8 Å². The van der Waals surface area contributed by atoms with Crippen LogP contribution >= 0.6 is 15.9 Å². The van der Waals surface area contributed by atoms with Crippen LogP contribution in [0, 0.1) is 0 Å². The number of carboxylic acids is 2. The van der Waals surface area contributed by atoms with Crippen molar-refractivity contribution in [2.75, 3.05) is 0 Å². The number of hydrogen-bond acceptors (Lipinski definition) is 2. The van der Waals surface area contributed by atoms with Crippen LogP contribution in [0.15, 0.2) is 12.2 Å². The molecule has 1 atom stereocenters. The molecule has 0 aromatic heterocycles. The first kappa shape index (κ1) is 17.6. The van der Waals surface area contributed by atoms with Gasteiger partial charge in [0.25, 0.3) is 0 Å². The van der Waals surface area contributed by atoms with Crippen LogP contribution in [0.4, 0.5) is 0 Å². The highest BCUT2D eigenvalue weighted by atomic mass is 79.9. The van der Waals surface area contributed by atoms with Gasteiger partial charge in [0.05, 0.1) is 0 Å². The number of halogens is 1. The summed E-state index contributed by atoms with van der Waals surface area (Å²) in [5.41, 5.74) is 0. The standard InChI is InChI=1S/C7H15Br.C4H4O4/c1-4-6-7(3,8)5-2;5-3(6)1-2-4(7)8/h4-6H2,1-3H3;1-2H,(H,5,6)(H,7,8)/b;2-1-. The first-order valence-electron chi connectivity index (χ1n) is 5.08. The van der Waals surface area contributed by atoms with Crippen molar-refractivity contribution in [3.8, 4) is 0 Å². The summed E-state index contributed by atoms with van der Waals surface area (Å²) >= 11 is 3.64. The Morgan fingerprint density at radius 3 is 1.69 bits per heavy atom. The largest absolute Gasteiger partial charge is 0.478 e. The molecule has 5 heteroatoms. The maximum Gasteiger partial charge on any atom is 0.328 e. The number of rotatable bonds is 5. The zero-order chi connectivity index (χ0) is 13.2. The Morgan fingerprint density at radius 1 is 1.19 bits per heavy atom. The number of carboxylic acid groups (broad SMARTS) is 2. The summed E-state index contributed by atoms with van der Waals surface area (Å²) in [4.78, 5) is 19.1. The monoisotopic (exact) mass is 294 g/mol. The van der Waals surface area contributed by atoms with Crippen molar-refractivity contribution in [2.24, 2.45) is 0 Å². The third kappa shape index (κ3) is 15.6. The molecule has 0 radical (unpaired) electrons. The molecule has 94 valence electrons. The van der Waals surface area contributed by atoms with E-state index in [1.807, 2.05) is 0 Å². The lowest BCUT2D eigenvalue weighted by molar-refractivity contribution is -0.134. The molecule has 4 nitrogen and oxygen atoms in total. The molecular weight excluding hydrogens is 276 g/mol. The van der Waals surface area contributed by atoms with E-state index < -0.39 is 11.9 Å². The number of aliphatic carboxylic acids is 2. The minimum atomic E-state index is -1.26. The normalized spacial score (nSPS) is 13.8. The minimum Gasteiger partial charge on any atom is -0.478 e. The van der Waals surface area contributed by atoms with Gasteiger partial charge in [-0.25, -0.2) is 9.59 Å². The maximum absolute atomic E-state index is 9.55. The van der Waals surface area contributed by atoms with Gasteiger partial charge < -0.3 is 10.2 Å². The fourth-order valence-corrected chi connectivity index (χ4v) is 1.24. The van der Waals surface area contributed by atoms with Crippen LogP contribution < -0.4 is 0 Å². The van der Waals surface area contributed by atoms with Crippen molar-refractivity contribution in [2.45, 2.75) is 44.4 Å². The quantitative estimate of drug-likeness (QED) is 0.604. The van der Waals surface area contributed by atoms with Crippen LogP contribution in [-0.2, 0) is 9.59 Å². The molecule has 0 aromatic rings. The smallest absolute Gasteiger partial charge is 0.328 e. The van der Waals surface area contributed by atoms with E-state index in [4.69, 9.17) is 10.2 Å². The van der Waals surface area contributed by atoms with Gasteiger partial charge in [-0.15, -0.1) is 0 Å². The van der Waals surface area contributed by atoms with Gasteiger partial charge in [0.2, 0.25) is 0 Å². The highest BCUT2D eigenvalue weighted by molar-refractivity contribution is 9.10. The highest BCUT2D eigenvalue weighted by Gasteiger charge is 2.14. The Hall–Kier alpha value is -0.840. The zero-order valence-electron chi connectivity index (χ0n) is 9.86. The van der Waals surface area contributed by atoms with Gasteiger partial charge in [0, 0.05) is 16.5 Å². The van der Waals surface area contributed by atoms with Crippen LogP contribution in [0.2, 0.25) is 0 Å². The average Bonchev–Trinajstić information content (AvgIpc) is 2.16. The van der Waals surface area contributed by atoms with Crippen molar-refractivity contribution in [1.29, 1.82) is 0 Å². The molecule has 0 aliphatic carbocycles. The van der Waals surface area contributed by atoms with Gasteiger partial charge in [-0.05, 0) is 19.8 Å². The molecule has 0 heterocycles. The molecule has 0 fully saturated rings. The van der Waals surface area contributed by atoms with Crippen molar-refractivity contribution in [3.05, 3.63) is 12.2 Å². The van der Waals surface area contributed by atoms with E-state index in [1.54, 1.807) is 0 Å². The van der Waals surface area contributed by atoms with Gasteiger partial charge in [-0.3, -0.25) is 0 Å². The fraction of sp³-hybridized carbons (Fsp3) is 0.636. The zero-order valence-corrected chi connectivity index (χ0v) is 11.5. The Labute approximate surface area is 104 Å². The Bertz CT molecular complexity index is 230. The molecule has 0 saturated carbocycles. The number of hydrogen-bond donors (Lipinski definition) is 2. The lowest BCUT2D eigenvalue weighted by Gasteiger charge is -2.18. The topological polar surface area (TPSA) is 74.6 Å². The maximum atomic E-state index is 9.55. The van der Waals surface area contributed by atoms with Gasteiger partial charge in [0.15, 0.2) is 0 Å². The van der Waals surface area contributed by atoms with E-state index >= 15 is 0 Å². The summed E-state index contributed by atoms with van der Waals surface area (Å²) in [6.45, 7) is 6.68. The molecule has 0 aromatic carbocycles. The van der Waals surface area contributed by atoms with Crippen LogP contribution in [0.5, 0.6) is 0 Å². The fourth-order valence-electron chi connectivity index (χ4n) is 0.841. The Morgan fingerprint density at radius 2 is 1.56 bits per heavy atom. The summed E-state index contributed by atoms with van der Waals surface area (Å²) in [6, 6.07) is 0. The van der Waals surface area contributed by atoms with E-state index in [-0.39, 0.29) is 0 Å². The molecule has 0 amide bonds. The molecule has 1 unspecified atom stereocenters. The van der Waals surface area contributed by atoms with Gasteiger partial charge in [-0.2, -0.15) is 0 Å². The first-order valence-corrected chi connectivity index (χ1v) is 5.87. The molecule has 0 rings (SSSR count). The van der Waals surface area contributed by atoms with Crippen LogP contribution in [-0.4, -0.2) is 26.5 Å². The molecular formula is C11H19BrO4. The summed E-state index contributed by atoms with van der Waals surface area (Å²) in [5, 5.41) is 15.6. The van der Waals surface area contributed by atoms with Gasteiger partial charge >= 0.3 is 11.9 Å². The summed E-state index contributed by atoms with van der Waals surface area (Å²) < 4.78 is 0.405. The Balaban J connectivity index is 0. The highest BCUT2D eigenvalue weighted by Crippen LogP contribution is 2.26. The molecule has 0 spiro atoms. The van der Waals surface area contributed by atoms with E-state index in [0.29, 0.717) is 16.5 Å². The third-order valence-electron chi connectivity index (χ3n) is 1.88. The van der Waals surface area contributed by atoms with Crippen molar-refractivity contribution >= 4 is 27.9 Å². The molecule has 16 heavy (non-hydrogen) atoms. The third-order valence-corrected chi connectivity index (χ3v) is 2.83. The summed E-state index contributed by atoms with van der Waals surface area (Å²) in [7, 11) is 0. The second-order valence-electron chi connectivity index (χ2n) is 3.53. The second kappa shape index (κ2) is 9.39. The minimum absolute atomic E-state index is 0.405. The molecule has 0 bridgehead atoms. The lowest BCUT2D eigenvalue weighted by Crippen LogP contribution is -2.12. The number of carbonyl (C=O) groups is 2. The van der Waals surface area contributed by atoms with Crippen LogP contribution in [0.1, 0.15) is 40.0 Å². The molecule has 0 saturated heterocycles. The average molecular weight is 295 g/mol. The second-order valence-corrected chi connectivity index (χ2v) is 5.44. The van der Waals surface area contributed by atoms with E-state index in [0.717, 1.165) is 0 Å².